The third-order valence-electron chi connectivity index (χ3n) is 4.41. The fourth-order valence-corrected chi connectivity index (χ4v) is 3.41. The topological polar surface area (TPSA) is 70.7 Å². The highest BCUT2D eigenvalue weighted by Gasteiger charge is 2.43. The van der Waals surface area contributed by atoms with Crippen LogP contribution < -0.4 is 10.6 Å². The molecule has 2 amide bonds. The van der Waals surface area contributed by atoms with Crippen molar-refractivity contribution < 1.29 is 14.3 Å². The van der Waals surface area contributed by atoms with Crippen LogP contribution in [0.2, 0.25) is 0 Å². The third-order valence-corrected chi connectivity index (χ3v) is 4.41. The van der Waals surface area contributed by atoms with E-state index < -0.39 is 0 Å². The summed E-state index contributed by atoms with van der Waals surface area (Å²) in [5.41, 5.74) is 0. The Bertz CT molecular complexity index is 387. The van der Waals surface area contributed by atoms with Gasteiger partial charge in [0.2, 0.25) is 11.8 Å². The molecule has 6 heteroatoms. The summed E-state index contributed by atoms with van der Waals surface area (Å²) in [6, 6.07) is -0.0548. The van der Waals surface area contributed by atoms with E-state index >= 15 is 0 Å². The van der Waals surface area contributed by atoms with Crippen LogP contribution >= 0.6 is 0 Å². The predicted molar refractivity (Wildman–Crippen MR) is 68.5 cm³/mol. The Morgan fingerprint density at radius 2 is 2.16 bits per heavy atom. The minimum absolute atomic E-state index is 0.0610. The van der Waals surface area contributed by atoms with Crippen LogP contribution in [0, 0.1) is 0 Å². The predicted octanol–water partition coefficient (Wildman–Crippen LogP) is -0.757. The molecule has 19 heavy (non-hydrogen) atoms. The molecule has 0 aromatic rings. The van der Waals surface area contributed by atoms with Gasteiger partial charge in [0.1, 0.15) is 6.04 Å². The van der Waals surface area contributed by atoms with Crippen LogP contribution in [0.3, 0.4) is 0 Å². The minimum Gasteiger partial charge on any atom is -0.375 e. The number of morpholine rings is 1. The summed E-state index contributed by atoms with van der Waals surface area (Å²) in [7, 11) is 0. The van der Waals surface area contributed by atoms with Crippen LogP contribution in [0.25, 0.3) is 0 Å². The van der Waals surface area contributed by atoms with E-state index in [2.05, 4.69) is 10.6 Å². The Labute approximate surface area is 112 Å². The van der Waals surface area contributed by atoms with Gasteiger partial charge in [0.05, 0.1) is 12.7 Å². The number of nitrogens with zero attached hydrogens (tertiary/aromatic N) is 1. The van der Waals surface area contributed by atoms with Gasteiger partial charge in [0.25, 0.3) is 0 Å². The quantitative estimate of drug-likeness (QED) is 0.655. The van der Waals surface area contributed by atoms with Gasteiger partial charge in [-0.2, -0.15) is 0 Å². The van der Waals surface area contributed by atoms with Gasteiger partial charge in [-0.3, -0.25) is 9.59 Å². The number of ether oxygens (including phenoxy) is 1. The first-order chi connectivity index (χ1) is 9.16. The Hall–Kier alpha value is -1.14. The number of nitrogens with one attached hydrogen (secondary N) is 2. The van der Waals surface area contributed by atoms with E-state index in [0.29, 0.717) is 26.1 Å². The van der Waals surface area contributed by atoms with Crippen LogP contribution in [0.1, 0.15) is 26.2 Å². The fourth-order valence-electron chi connectivity index (χ4n) is 3.41. The van der Waals surface area contributed by atoms with Crippen molar-refractivity contribution in [1.82, 2.24) is 15.5 Å². The molecule has 3 fully saturated rings. The van der Waals surface area contributed by atoms with Gasteiger partial charge in [0.15, 0.2) is 0 Å². The van der Waals surface area contributed by atoms with E-state index in [1.54, 1.807) is 0 Å². The van der Waals surface area contributed by atoms with Gasteiger partial charge >= 0.3 is 0 Å². The van der Waals surface area contributed by atoms with Crippen LogP contribution in [0.5, 0.6) is 0 Å². The standard InChI is InChI=1S/C13H21N3O3/c1-8-12(14-4-5-19-8)13(18)16-9-2-3-10(16)7-15-11(17)6-9/h8-10,12,14H,2-7H2,1H3,(H,15,17)/t8-,9?,10?,12+/m1/s1. The zero-order chi connectivity index (χ0) is 13.4. The van der Waals surface area contributed by atoms with Crippen LogP contribution in [0.4, 0.5) is 0 Å². The molecule has 0 aromatic carbocycles. The molecule has 2 bridgehead atoms. The Balaban J connectivity index is 1.76. The largest absolute Gasteiger partial charge is 0.375 e. The molecule has 0 aromatic heterocycles. The lowest BCUT2D eigenvalue weighted by Crippen LogP contribution is -2.58. The average Bonchev–Trinajstić information content (AvgIpc) is 2.70. The molecule has 3 rings (SSSR count). The summed E-state index contributed by atoms with van der Waals surface area (Å²) in [6.45, 7) is 3.87. The van der Waals surface area contributed by atoms with Crippen molar-refractivity contribution in [2.24, 2.45) is 0 Å². The molecule has 3 aliphatic rings. The lowest BCUT2D eigenvalue weighted by atomic mass is 10.1. The zero-order valence-electron chi connectivity index (χ0n) is 11.2. The monoisotopic (exact) mass is 267 g/mol. The summed E-state index contributed by atoms with van der Waals surface area (Å²) in [5, 5.41) is 6.14. The van der Waals surface area contributed by atoms with E-state index in [1.165, 1.54) is 0 Å². The SMILES string of the molecule is C[C@H]1OCCN[C@@H]1C(=O)N1C2CCC1CC(=O)NC2. The first-order valence-corrected chi connectivity index (χ1v) is 7.10. The van der Waals surface area contributed by atoms with Crippen molar-refractivity contribution in [3.63, 3.8) is 0 Å². The summed E-state index contributed by atoms with van der Waals surface area (Å²) in [6.07, 6.45) is 2.25. The molecule has 6 nitrogen and oxygen atoms in total. The van der Waals surface area contributed by atoms with Gasteiger partial charge in [-0.05, 0) is 19.8 Å². The number of fused-ring (bicyclic) bond motifs is 2. The van der Waals surface area contributed by atoms with Gasteiger partial charge in [-0.25, -0.2) is 0 Å². The summed E-state index contributed by atoms with van der Waals surface area (Å²) in [5.74, 6) is 0.155. The molecule has 2 unspecified atom stereocenters. The number of carbonyl (C=O) groups excluding carboxylic acids is 2. The molecule has 3 heterocycles. The van der Waals surface area contributed by atoms with Crippen molar-refractivity contribution in [3.05, 3.63) is 0 Å². The van der Waals surface area contributed by atoms with E-state index in [4.69, 9.17) is 4.74 Å². The Kier molecular flexibility index (Phi) is 3.45. The van der Waals surface area contributed by atoms with E-state index in [-0.39, 0.29) is 36.0 Å². The van der Waals surface area contributed by atoms with Gasteiger partial charge < -0.3 is 20.3 Å². The van der Waals surface area contributed by atoms with Crippen molar-refractivity contribution in [1.29, 1.82) is 0 Å². The first-order valence-electron chi connectivity index (χ1n) is 7.10. The maximum atomic E-state index is 12.7. The number of hydrogen-bond acceptors (Lipinski definition) is 4. The maximum Gasteiger partial charge on any atom is 0.242 e. The molecule has 0 spiro atoms. The molecular formula is C13H21N3O3. The average molecular weight is 267 g/mol. The zero-order valence-corrected chi connectivity index (χ0v) is 11.2. The minimum atomic E-state index is -0.273. The van der Waals surface area contributed by atoms with E-state index in [0.717, 1.165) is 12.8 Å². The molecular weight excluding hydrogens is 246 g/mol. The first kappa shape index (κ1) is 12.9. The molecule has 0 aliphatic carbocycles. The fraction of sp³-hybridized carbons (Fsp3) is 0.846. The van der Waals surface area contributed by atoms with Gasteiger partial charge in [-0.1, -0.05) is 0 Å². The molecule has 0 saturated carbocycles. The van der Waals surface area contributed by atoms with Crippen molar-refractivity contribution in [2.75, 3.05) is 19.7 Å². The summed E-state index contributed by atoms with van der Waals surface area (Å²) >= 11 is 0. The van der Waals surface area contributed by atoms with Crippen molar-refractivity contribution in [2.45, 2.75) is 50.4 Å². The second kappa shape index (κ2) is 5.09. The normalized spacial score (nSPS) is 38.8. The smallest absolute Gasteiger partial charge is 0.242 e. The lowest BCUT2D eigenvalue weighted by molar-refractivity contribution is -0.142. The Morgan fingerprint density at radius 1 is 1.37 bits per heavy atom. The molecule has 3 saturated heterocycles. The van der Waals surface area contributed by atoms with Gasteiger partial charge in [-0.15, -0.1) is 0 Å². The lowest BCUT2D eigenvalue weighted by Gasteiger charge is -2.36. The highest BCUT2D eigenvalue weighted by molar-refractivity contribution is 5.85. The molecule has 106 valence electrons. The van der Waals surface area contributed by atoms with Gasteiger partial charge in [0, 0.05) is 31.6 Å². The number of carbonyl (C=O) groups is 2. The highest BCUT2D eigenvalue weighted by Crippen LogP contribution is 2.29. The van der Waals surface area contributed by atoms with E-state index in [1.807, 2.05) is 11.8 Å². The summed E-state index contributed by atoms with van der Waals surface area (Å²) in [4.78, 5) is 26.3. The second-order valence-corrected chi connectivity index (χ2v) is 5.65. The van der Waals surface area contributed by atoms with Crippen LogP contribution in [0.15, 0.2) is 0 Å². The van der Waals surface area contributed by atoms with Crippen LogP contribution in [-0.4, -0.2) is 60.6 Å². The van der Waals surface area contributed by atoms with Crippen LogP contribution in [-0.2, 0) is 14.3 Å². The maximum absolute atomic E-state index is 12.7. The van der Waals surface area contributed by atoms with Crippen molar-refractivity contribution in [3.8, 4) is 0 Å². The number of hydrogen-bond donors (Lipinski definition) is 2. The molecule has 0 radical (unpaired) electrons. The summed E-state index contributed by atoms with van der Waals surface area (Å²) < 4.78 is 5.55. The van der Waals surface area contributed by atoms with E-state index in [9.17, 15) is 9.59 Å². The molecule has 3 aliphatic heterocycles. The highest BCUT2D eigenvalue weighted by atomic mass is 16.5. The van der Waals surface area contributed by atoms with Crippen molar-refractivity contribution >= 4 is 11.8 Å². The number of rotatable bonds is 1. The second-order valence-electron chi connectivity index (χ2n) is 5.65. The number of amides is 2. The third kappa shape index (κ3) is 2.34. The Morgan fingerprint density at radius 3 is 2.95 bits per heavy atom. The molecule has 4 atom stereocenters. The molecule has 2 N–H and O–H groups in total.